The third-order valence-electron chi connectivity index (χ3n) is 3.82. The van der Waals surface area contributed by atoms with Crippen molar-refractivity contribution in [2.24, 2.45) is 0 Å². The van der Waals surface area contributed by atoms with E-state index in [0.717, 1.165) is 5.56 Å². The molecule has 1 aromatic heterocycles. The minimum Gasteiger partial charge on any atom is -0.337 e. The molecule has 6 heteroatoms. The van der Waals surface area contributed by atoms with E-state index in [-0.39, 0.29) is 18.0 Å². The highest BCUT2D eigenvalue weighted by molar-refractivity contribution is 7.99. The van der Waals surface area contributed by atoms with Crippen molar-refractivity contribution >= 4 is 29.8 Å². The van der Waals surface area contributed by atoms with Crippen LogP contribution < -0.4 is 0 Å². The van der Waals surface area contributed by atoms with Crippen LogP contribution in [0, 0.1) is 6.92 Å². The average molecular weight is 359 g/mol. The molecule has 0 bridgehead atoms. The highest BCUT2D eigenvalue weighted by Gasteiger charge is 2.20. The maximum Gasteiger partial charge on any atom is 0.233 e. The van der Waals surface area contributed by atoms with Crippen molar-refractivity contribution in [3.63, 3.8) is 0 Å². The van der Waals surface area contributed by atoms with Gasteiger partial charge < -0.3 is 4.90 Å². The molecule has 1 heterocycles. The largest absolute Gasteiger partial charge is 0.337 e. The number of amides is 1. The highest BCUT2D eigenvalue weighted by atomic mass is 32.2. The predicted molar refractivity (Wildman–Crippen MR) is 104 cm³/mol. The van der Waals surface area contributed by atoms with Crippen LogP contribution in [0.3, 0.4) is 0 Å². The van der Waals surface area contributed by atoms with Gasteiger partial charge in [-0.1, -0.05) is 42.1 Å². The van der Waals surface area contributed by atoms with Gasteiger partial charge in [0.25, 0.3) is 0 Å². The lowest BCUT2D eigenvalue weighted by Crippen LogP contribution is -2.43. The number of benzene rings is 1. The molecule has 1 amide bonds. The Labute approximate surface area is 153 Å². The smallest absolute Gasteiger partial charge is 0.233 e. The summed E-state index contributed by atoms with van der Waals surface area (Å²) in [6, 6.07) is 8.53. The number of aromatic nitrogens is 3. The van der Waals surface area contributed by atoms with Crippen LogP contribution in [0.25, 0.3) is 12.2 Å². The van der Waals surface area contributed by atoms with Crippen LogP contribution in [-0.2, 0) is 4.79 Å². The second-order valence-corrected chi connectivity index (χ2v) is 7.41. The summed E-state index contributed by atoms with van der Waals surface area (Å²) in [6.07, 6.45) is 3.91. The monoisotopic (exact) mass is 358 g/mol. The average Bonchev–Trinajstić information content (AvgIpc) is 2.99. The summed E-state index contributed by atoms with van der Waals surface area (Å²) in [7, 11) is 0. The summed E-state index contributed by atoms with van der Waals surface area (Å²) in [4.78, 5) is 18.7. The molecular weight excluding hydrogens is 332 g/mol. The second kappa shape index (κ2) is 8.85. The van der Waals surface area contributed by atoms with Crippen molar-refractivity contribution in [2.45, 2.75) is 51.9 Å². The number of thioether (sulfide) groups is 1. The molecule has 0 saturated carbocycles. The van der Waals surface area contributed by atoms with Crippen molar-refractivity contribution < 1.29 is 4.79 Å². The minimum absolute atomic E-state index is 0.108. The first-order valence-electron chi connectivity index (χ1n) is 8.48. The molecule has 0 unspecified atom stereocenters. The Kier molecular flexibility index (Phi) is 6.82. The Morgan fingerprint density at radius 3 is 2.52 bits per heavy atom. The van der Waals surface area contributed by atoms with Crippen LogP contribution in [0.2, 0.25) is 0 Å². The molecule has 134 valence electrons. The first-order chi connectivity index (χ1) is 11.9. The zero-order valence-electron chi connectivity index (χ0n) is 15.5. The third kappa shape index (κ3) is 5.46. The van der Waals surface area contributed by atoms with E-state index in [1.165, 1.54) is 17.3 Å². The maximum atomic E-state index is 12.4. The highest BCUT2D eigenvalue weighted by Crippen LogP contribution is 2.17. The predicted octanol–water partition coefficient (Wildman–Crippen LogP) is 4.02. The fourth-order valence-electron chi connectivity index (χ4n) is 2.71. The van der Waals surface area contributed by atoms with Crippen LogP contribution >= 0.6 is 11.8 Å². The molecule has 1 aromatic carbocycles. The van der Waals surface area contributed by atoms with E-state index in [1.54, 1.807) is 0 Å². The fraction of sp³-hybridized carbons (Fsp3) is 0.421. The molecule has 0 radical (unpaired) electrons. The van der Waals surface area contributed by atoms with Gasteiger partial charge in [-0.25, -0.2) is 4.98 Å². The minimum atomic E-state index is 0.108. The molecule has 5 nitrogen and oxygen atoms in total. The van der Waals surface area contributed by atoms with Crippen molar-refractivity contribution in [3.8, 4) is 0 Å². The number of aryl methyl sites for hydroxylation is 1. The number of hydrogen-bond acceptors (Lipinski definition) is 4. The fourth-order valence-corrected chi connectivity index (χ4v) is 3.39. The SMILES string of the molecule is Cc1ccccc1C=Cc1nc(SCC(=O)N(C(C)C)C(C)C)n[nH]1. The Bertz CT molecular complexity index is 729. The summed E-state index contributed by atoms with van der Waals surface area (Å²) >= 11 is 1.36. The standard InChI is InChI=1S/C19H26N4OS/c1-13(2)23(14(3)4)18(24)12-25-19-20-17(21-22-19)11-10-16-9-7-6-8-15(16)5/h6-11,13-14H,12H2,1-5H3,(H,20,21,22). The number of carbonyl (C=O) groups is 1. The number of rotatable bonds is 7. The zero-order valence-corrected chi connectivity index (χ0v) is 16.3. The first-order valence-corrected chi connectivity index (χ1v) is 9.47. The number of nitrogens with one attached hydrogen (secondary N) is 1. The van der Waals surface area contributed by atoms with Gasteiger partial charge in [0.2, 0.25) is 11.1 Å². The summed E-state index contributed by atoms with van der Waals surface area (Å²) in [5.41, 5.74) is 2.36. The topological polar surface area (TPSA) is 61.9 Å². The molecule has 2 rings (SSSR count). The van der Waals surface area contributed by atoms with Crippen molar-refractivity contribution in [2.75, 3.05) is 5.75 Å². The van der Waals surface area contributed by atoms with Gasteiger partial charge in [0.05, 0.1) is 5.75 Å². The van der Waals surface area contributed by atoms with Crippen LogP contribution in [-0.4, -0.2) is 43.8 Å². The van der Waals surface area contributed by atoms with Gasteiger partial charge in [0, 0.05) is 12.1 Å². The molecule has 0 spiro atoms. The summed E-state index contributed by atoms with van der Waals surface area (Å²) in [6.45, 7) is 10.2. The van der Waals surface area contributed by atoms with E-state index in [4.69, 9.17) is 0 Å². The summed E-state index contributed by atoms with van der Waals surface area (Å²) in [5, 5.41) is 7.67. The van der Waals surface area contributed by atoms with Crippen LogP contribution in [0.5, 0.6) is 0 Å². The number of nitrogens with zero attached hydrogens (tertiary/aromatic N) is 3. The third-order valence-corrected chi connectivity index (χ3v) is 4.65. The van der Waals surface area contributed by atoms with Crippen LogP contribution in [0.1, 0.15) is 44.6 Å². The van der Waals surface area contributed by atoms with Gasteiger partial charge in [-0.05, 0) is 51.8 Å². The summed E-state index contributed by atoms with van der Waals surface area (Å²) < 4.78 is 0. The lowest BCUT2D eigenvalue weighted by molar-refractivity contribution is -0.131. The normalized spacial score (nSPS) is 11.6. The Hall–Kier alpha value is -2.08. The Balaban J connectivity index is 1.95. The lowest BCUT2D eigenvalue weighted by Gasteiger charge is -2.30. The molecule has 0 aliphatic rings. The van der Waals surface area contributed by atoms with Gasteiger partial charge in [-0.2, -0.15) is 0 Å². The second-order valence-electron chi connectivity index (χ2n) is 6.47. The number of H-pyrrole nitrogens is 1. The Morgan fingerprint density at radius 2 is 1.88 bits per heavy atom. The van der Waals surface area contributed by atoms with E-state index in [1.807, 2.05) is 56.9 Å². The lowest BCUT2D eigenvalue weighted by atomic mass is 10.1. The van der Waals surface area contributed by atoms with Crippen LogP contribution in [0.4, 0.5) is 0 Å². The number of carbonyl (C=O) groups excluding carboxylic acids is 1. The van der Waals surface area contributed by atoms with Gasteiger partial charge in [-0.3, -0.25) is 9.89 Å². The van der Waals surface area contributed by atoms with E-state index in [0.29, 0.717) is 16.7 Å². The summed E-state index contributed by atoms with van der Waals surface area (Å²) in [5.74, 6) is 1.13. The van der Waals surface area contributed by atoms with Gasteiger partial charge >= 0.3 is 0 Å². The molecule has 0 saturated heterocycles. The molecule has 0 atom stereocenters. The van der Waals surface area contributed by atoms with E-state index < -0.39 is 0 Å². The van der Waals surface area contributed by atoms with Gasteiger partial charge in [0.15, 0.2) is 0 Å². The van der Waals surface area contributed by atoms with Gasteiger partial charge in [-0.15, -0.1) is 5.10 Å². The first kappa shape index (κ1) is 19.2. The van der Waals surface area contributed by atoms with Gasteiger partial charge in [0.1, 0.15) is 5.82 Å². The van der Waals surface area contributed by atoms with E-state index in [2.05, 4.69) is 34.2 Å². The molecule has 0 aliphatic carbocycles. The molecule has 0 fully saturated rings. The van der Waals surface area contributed by atoms with E-state index >= 15 is 0 Å². The Morgan fingerprint density at radius 1 is 1.20 bits per heavy atom. The molecular formula is C19H26N4OS. The zero-order chi connectivity index (χ0) is 18.4. The number of aromatic amines is 1. The van der Waals surface area contributed by atoms with Crippen molar-refractivity contribution in [1.29, 1.82) is 0 Å². The van der Waals surface area contributed by atoms with Crippen molar-refractivity contribution in [3.05, 3.63) is 41.2 Å². The number of hydrogen-bond donors (Lipinski definition) is 1. The maximum absolute atomic E-state index is 12.4. The molecule has 0 aliphatic heterocycles. The van der Waals surface area contributed by atoms with E-state index in [9.17, 15) is 4.79 Å². The van der Waals surface area contributed by atoms with Crippen LogP contribution in [0.15, 0.2) is 29.4 Å². The molecule has 25 heavy (non-hydrogen) atoms. The molecule has 2 aromatic rings. The molecule has 1 N–H and O–H groups in total. The van der Waals surface area contributed by atoms with Crippen molar-refractivity contribution in [1.82, 2.24) is 20.1 Å². The quantitative estimate of drug-likeness (QED) is 0.759.